The summed E-state index contributed by atoms with van der Waals surface area (Å²) < 4.78 is 24.6. The molecule has 1 unspecified atom stereocenters. The Morgan fingerprint density at radius 1 is 1.47 bits per heavy atom. The standard InChI is InChI=1S/C12H24N2O4S/c1-10(2)13(9-12(15)16)7-11-5-4-6-14(8-11)19(3,17)18/h10-11H,4-9H2,1-3H3,(H,15,16). The fourth-order valence-corrected chi connectivity index (χ4v) is 3.38. The Balaban J connectivity index is 2.61. The third-order valence-corrected chi connectivity index (χ3v) is 4.78. The number of rotatable bonds is 6. The van der Waals surface area contributed by atoms with Crippen molar-refractivity contribution in [1.82, 2.24) is 9.21 Å². The van der Waals surface area contributed by atoms with Gasteiger partial charge in [0.15, 0.2) is 0 Å². The molecule has 6 nitrogen and oxygen atoms in total. The van der Waals surface area contributed by atoms with Crippen LogP contribution < -0.4 is 0 Å². The molecule has 1 heterocycles. The lowest BCUT2D eigenvalue weighted by atomic mass is 9.98. The predicted octanol–water partition coefficient (Wildman–Crippen LogP) is 0.453. The number of hydrogen-bond acceptors (Lipinski definition) is 4. The van der Waals surface area contributed by atoms with Gasteiger partial charge in [-0.3, -0.25) is 9.69 Å². The Labute approximate surface area is 115 Å². The largest absolute Gasteiger partial charge is 0.480 e. The summed E-state index contributed by atoms with van der Waals surface area (Å²) in [6, 6.07) is 0.143. The number of piperidine rings is 1. The van der Waals surface area contributed by atoms with Gasteiger partial charge in [0.05, 0.1) is 12.8 Å². The van der Waals surface area contributed by atoms with E-state index in [1.54, 1.807) is 0 Å². The summed E-state index contributed by atoms with van der Waals surface area (Å²) >= 11 is 0. The second-order valence-electron chi connectivity index (χ2n) is 5.55. The molecule has 0 amide bonds. The van der Waals surface area contributed by atoms with Crippen molar-refractivity contribution >= 4 is 16.0 Å². The minimum absolute atomic E-state index is 0.00699. The van der Waals surface area contributed by atoms with Gasteiger partial charge in [0, 0.05) is 25.7 Å². The highest BCUT2D eigenvalue weighted by molar-refractivity contribution is 7.88. The highest BCUT2D eigenvalue weighted by atomic mass is 32.2. The molecule has 19 heavy (non-hydrogen) atoms. The first kappa shape index (κ1) is 16.4. The first-order valence-electron chi connectivity index (χ1n) is 6.61. The summed E-state index contributed by atoms with van der Waals surface area (Å²) in [7, 11) is -3.14. The highest BCUT2D eigenvalue weighted by Gasteiger charge is 2.28. The predicted molar refractivity (Wildman–Crippen MR) is 73.5 cm³/mol. The topological polar surface area (TPSA) is 77.9 Å². The van der Waals surface area contributed by atoms with E-state index in [1.807, 2.05) is 18.7 Å². The van der Waals surface area contributed by atoms with Gasteiger partial charge in [-0.2, -0.15) is 0 Å². The van der Waals surface area contributed by atoms with Crippen molar-refractivity contribution in [2.45, 2.75) is 32.7 Å². The van der Waals surface area contributed by atoms with Gasteiger partial charge in [0.25, 0.3) is 0 Å². The maximum Gasteiger partial charge on any atom is 0.317 e. The summed E-state index contributed by atoms with van der Waals surface area (Å²) in [6.07, 6.45) is 3.03. The number of carbonyl (C=O) groups is 1. The molecule has 7 heteroatoms. The van der Waals surface area contributed by atoms with Gasteiger partial charge >= 0.3 is 5.97 Å². The molecule has 0 radical (unpaired) electrons. The molecule has 112 valence electrons. The number of carboxylic acids is 1. The van der Waals surface area contributed by atoms with Crippen molar-refractivity contribution in [2.75, 3.05) is 32.4 Å². The van der Waals surface area contributed by atoms with E-state index in [-0.39, 0.29) is 18.5 Å². The van der Waals surface area contributed by atoms with Crippen LogP contribution in [0, 0.1) is 5.92 Å². The van der Waals surface area contributed by atoms with Crippen LogP contribution in [0.3, 0.4) is 0 Å². The number of aliphatic carboxylic acids is 1. The van der Waals surface area contributed by atoms with E-state index >= 15 is 0 Å². The molecule has 0 aromatic rings. The van der Waals surface area contributed by atoms with E-state index < -0.39 is 16.0 Å². The van der Waals surface area contributed by atoms with Crippen molar-refractivity contribution < 1.29 is 18.3 Å². The highest BCUT2D eigenvalue weighted by Crippen LogP contribution is 2.20. The zero-order valence-corrected chi connectivity index (χ0v) is 12.7. The normalized spacial score (nSPS) is 22.1. The zero-order chi connectivity index (χ0) is 14.6. The number of nitrogens with zero attached hydrogens (tertiary/aromatic N) is 2. The molecule has 1 fully saturated rings. The van der Waals surface area contributed by atoms with Crippen LogP contribution in [0.25, 0.3) is 0 Å². The lowest BCUT2D eigenvalue weighted by Crippen LogP contribution is -2.46. The maximum absolute atomic E-state index is 11.5. The molecule has 0 aromatic heterocycles. The van der Waals surface area contributed by atoms with Gasteiger partial charge in [0.1, 0.15) is 0 Å². The Bertz CT molecular complexity index is 408. The van der Waals surface area contributed by atoms with E-state index in [1.165, 1.54) is 10.6 Å². The van der Waals surface area contributed by atoms with Gasteiger partial charge in [-0.1, -0.05) is 0 Å². The molecule has 0 aromatic carbocycles. The van der Waals surface area contributed by atoms with Crippen molar-refractivity contribution in [3.63, 3.8) is 0 Å². The van der Waals surface area contributed by atoms with Crippen LogP contribution in [0.15, 0.2) is 0 Å². The molecule has 1 rings (SSSR count). The van der Waals surface area contributed by atoms with Crippen LogP contribution in [0.1, 0.15) is 26.7 Å². The molecule has 1 saturated heterocycles. The van der Waals surface area contributed by atoms with Crippen LogP contribution >= 0.6 is 0 Å². The fraction of sp³-hybridized carbons (Fsp3) is 0.917. The van der Waals surface area contributed by atoms with Crippen LogP contribution in [-0.2, 0) is 14.8 Å². The smallest absolute Gasteiger partial charge is 0.317 e. The monoisotopic (exact) mass is 292 g/mol. The Kier molecular flexibility index (Phi) is 5.76. The molecular weight excluding hydrogens is 268 g/mol. The first-order chi connectivity index (χ1) is 8.70. The fourth-order valence-electron chi connectivity index (χ4n) is 2.44. The maximum atomic E-state index is 11.5. The van der Waals surface area contributed by atoms with E-state index in [4.69, 9.17) is 5.11 Å². The molecule has 1 aliphatic rings. The molecule has 1 aliphatic heterocycles. The SMILES string of the molecule is CC(C)N(CC(=O)O)CC1CCCN(S(C)(=O)=O)C1. The van der Waals surface area contributed by atoms with E-state index in [0.29, 0.717) is 19.6 Å². The third kappa shape index (κ3) is 5.46. The molecular formula is C12H24N2O4S. The van der Waals surface area contributed by atoms with E-state index in [2.05, 4.69) is 0 Å². The first-order valence-corrected chi connectivity index (χ1v) is 8.46. The average Bonchev–Trinajstić information content (AvgIpc) is 2.26. The van der Waals surface area contributed by atoms with Crippen molar-refractivity contribution in [3.05, 3.63) is 0 Å². The molecule has 0 bridgehead atoms. The lowest BCUT2D eigenvalue weighted by Gasteiger charge is -2.35. The molecule has 0 spiro atoms. The van der Waals surface area contributed by atoms with Crippen LogP contribution in [0.4, 0.5) is 0 Å². The van der Waals surface area contributed by atoms with Gasteiger partial charge in [-0.15, -0.1) is 0 Å². The van der Waals surface area contributed by atoms with E-state index in [9.17, 15) is 13.2 Å². The Morgan fingerprint density at radius 3 is 2.58 bits per heavy atom. The summed E-state index contributed by atoms with van der Waals surface area (Å²) in [5.74, 6) is -0.630. The minimum atomic E-state index is -3.14. The molecule has 1 atom stereocenters. The minimum Gasteiger partial charge on any atom is -0.480 e. The number of carboxylic acid groups (broad SMARTS) is 1. The van der Waals surface area contributed by atoms with Gasteiger partial charge in [0.2, 0.25) is 10.0 Å². The quantitative estimate of drug-likeness (QED) is 0.769. The Hall–Kier alpha value is -0.660. The van der Waals surface area contributed by atoms with E-state index in [0.717, 1.165) is 12.8 Å². The second kappa shape index (κ2) is 6.67. The number of sulfonamides is 1. The van der Waals surface area contributed by atoms with Crippen LogP contribution in [-0.4, -0.2) is 67.2 Å². The summed E-state index contributed by atoms with van der Waals surface area (Å²) in [6.45, 7) is 5.64. The summed E-state index contributed by atoms with van der Waals surface area (Å²) in [4.78, 5) is 12.7. The summed E-state index contributed by atoms with van der Waals surface area (Å²) in [5.41, 5.74) is 0. The van der Waals surface area contributed by atoms with Crippen molar-refractivity contribution in [3.8, 4) is 0 Å². The van der Waals surface area contributed by atoms with Gasteiger partial charge < -0.3 is 5.11 Å². The third-order valence-electron chi connectivity index (χ3n) is 3.51. The summed E-state index contributed by atoms with van der Waals surface area (Å²) in [5, 5.41) is 8.90. The van der Waals surface area contributed by atoms with Crippen molar-refractivity contribution in [1.29, 1.82) is 0 Å². The molecule has 1 N–H and O–H groups in total. The lowest BCUT2D eigenvalue weighted by molar-refractivity contribution is -0.139. The zero-order valence-electron chi connectivity index (χ0n) is 11.9. The number of hydrogen-bond donors (Lipinski definition) is 1. The van der Waals surface area contributed by atoms with Crippen LogP contribution in [0.5, 0.6) is 0 Å². The van der Waals surface area contributed by atoms with Gasteiger partial charge in [-0.25, -0.2) is 12.7 Å². The molecule has 0 aliphatic carbocycles. The average molecular weight is 292 g/mol. The van der Waals surface area contributed by atoms with Crippen molar-refractivity contribution in [2.24, 2.45) is 5.92 Å². The Morgan fingerprint density at radius 2 is 2.11 bits per heavy atom. The second-order valence-corrected chi connectivity index (χ2v) is 7.53. The molecule has 0 saturated carbocycles. The van der Waals surface area contributed by atoms with Gasteiger partial charge in [-0.05, 0) is 32.6 Å². The van der Waals surface area contributed by atoms with Crippen LogP contribution in [0.2, 0.25) is 0 Å².